The Labute approximate surface area is 116 Å². The van der Waals surface area contributed by atoms with E-state index in [-0.39, 0.29) is 12.4 Å². The van der Waals surface area contributed by atoms with E-state index >= 15 is 0 Å². The highest BCUT2D eigenvalue weighted by Gasteiger charge is 2.39. The Balaban J connectivity index is 0.00000324. The number of esters is 1. The van der Waals surface area contributed by atoms with Gasteiger partial charge in [-0.15, -0.1) is 12.4 Å². The number of benzene rings is 1. The number of carbonyl (C=O) groups excluding carboxylic acids is 1. The highest BCUT2D eigenvalue weighted by atomic mass is 35.5. The van der Waals surface area contributed by atoms with Gasteiger partial charge in [0, 0.05) is 0 Å². The minimum atomic E-state index is -1.30. The second-order valence-electron chi connectivity index (χ2n) is 4.48. The quantitative estimate of drug-likeness (QED) is 0.839. The first kappa shape index (κ1) is 17.6. The Bertz CT molecular complexity index is 480. The third kappa shape index (κ3) is 3.13. The summed E-state index contributed by atoms with van der Waals surface area (Å²) in [6.45, 7) is 2.85. The number of aromatic hydroxyl groups is 1. The van der Waals surface area contributed by atoms with Crippen molar-refractivity contribution in [2.75, 3.05) is 7.11 Å². The fraction of sp³-hybridized carbons (Fsp3) is 0.417. The van der Waals surface area contributed by atoms with Crippen molar-refractivity contribution in [2.45, 2.75) is 19.9 Å². The highest BCUT2D eigenvalue weighted by Crippen LogP contribution is 2.38. The molecular weight excluding hydrogens is 280 g/mol. The van der Waals surface area contributed by atoms with Gasteiger partial charge in [-0.05, 0) is 26.0 Å². The van der Waals surface area contributed by atoms with Crippen LogP contribution in [0.3, 0.4) is 0 Å². The standard InChI is InChI=1S/C12H15F2NO3.ClH/c1-12(2,11(17)18-3)10(15)8-6(13)4-5-7(14)9(8)16;/h4-5,10,16H,15H2,1-3H3;1H/t10-;/m1./s1. The van der Waals surface area contributed by atoms with Gasteiger partial charge in [-0.3, -0.25) is 4.79 Å². The summed E-state index contributed by atoms with van der Waals surface area (Å²) in [5.74, 6) is -3.45. The van der Waals surface area contributed by atoms with E-state index in [9.17, 15) is 18.7 Å². The van der Waals surface area contributed by atoms with Crippen molar-refractivity contribution in [1.82, 2.24) is 0 Å². The molecule has 1 aromatic rings. The van der Waals surface area contributed by atoms with Gasteiger partial charge in [0.1, 0.15) is 5.82 Å². The summed E-state index contributed by atoms with van der Waals surface area (Å²) in [5, 5.41) is 9.52. The number of ether oxygens (including phenoxy) is 1. The van der Waals surface area contributed by atoms with Gasteiger partial charge in [-0.1, -0.05) is 0 Å². The van der Waals surface area contributed by atoms with E-state index < -0.39 is 40.4 Å². The van der Waals surface area contributed by atoms with Crippen LogP contribution >= 0.6 is 12.4 Å². The van der Waals surface area contributed by atoms with Crippen LogP contribution in [0.2, 0.25) is 0 Å². The molecule has 0 aliphatic carbocycles. The Morgan fingerprint density at radius 2 is 1.84 bits per heavy atom. The molecule has 0 fully saturated rings. The molecule has 0 heterocycles. The number of phenolic OH excluding ortho intramolecular Hbond substituents is 1. The minimum Gasteiger partial charge on any atom is -0.505 e. The number of hydrogen-bond donors (Lipinski definition) is 2. The van der Waals surface area contributed by atoms with E-state index in [1.807, 2.05) is 0 Å². The van der Waals surface area contributed by atoms with Gasteiger partial charge in [-0.2, -0.15) is 0 Å². The molecule has 4 nitrogen and oxygen atoms in total. The molecule has 108 valence electrons. The fourth-order valence-electron chi connectivity index (χ4n) is 1.60. The predicted octanol–water partition coefficient (Wildman–Crippen LogP) is 2.29. The summed E-state index contributed by atoms with van der Waals surface area (Å²) in [6, 6.07) is 0.393. The van der Waals surface area contributed by atoms with E-state index in [2.05, 4.69) is 4.74 Å². The first-order valence-electron chi connectivity index (χ1n) is 5.24. The number of methoxy groups -OCH3 is 1. The lowest BCUT2D eigenvalue weighted by Crippen LogP contribution is -2.38. The molecule has 1 atom stereocenters. The normalized spacial score (nSPS) is 12.5. The highest BCUT2D eigenvalue weighted by molar-refractivity contribution is 5.85. The summed E-state index contributed by atoms with van der Waals surface area (Å²) in [6.07, 6.45) is 0. The topological polar surface area (TPSA) is 72.5 Å². The molecule has 0 aliphatic heterocycles. The van der Waals surface area contributed by atoms with Gasteiger partial charge < -0.3 is 15.6 Å². The Kier molecular flexibility index (Phi) is 5.71. The van der Waals surface area contributed by atoms with Crippen molar-refractivity contribution in [2.24, 2.45) is 11.1 Å². The molecule has 0 saturated heterocycles. The molecule has 0 unspecified atom stereocenters. The van der Waals surface area contributed by atoms with E-state index in [0.717, 1.165) is 12.1 Å². The second kappa shape index (κ2) is 6.16. The average molecular weight is 296 g/mol. The van der Waals surface area contributed by atoms with Crippen LogP contribution in [-0.2, 0) is 9.53 Å². The third-order valence-electron chi connectivity index (χ3n) is 2.91. The molecule has 7 heteroatoms. The number of nitrogens with two attached hydrogens (primary N) is 1. The fourth-order valence-corrected chi connectivity index (χ4v) is 1.60. The van der Waals surface area contributed by atoms with Crippen molar-refractivity contribution in [3.05, 3.63) is 29.3 Å². The average Bonchev–Trinajstić information content (AvgIpc) is 2.33. The van der Waals surface area contributed by atoms with Gasteiger partial charge in [0.05, 0.1) is 24.1 Å². The largest absolute Gasteiger partial charge is 0.505 e. The summed E-state index contributed by atoms with van der Waals surface area (Å²) in [4.78, 5) is 11.6. The van der Waals surface area contributed by atoms with Gasteiger partial charge >= 0.3 is 5.97 Å². The zero-order valence-electron chi connectivity index (χ0n) is 10.7. The third-order valence-corrected chi connectivity index (χ3v) is 2.91. The number of hydrogen-bond acceptors (Lipinski definition) is 4. The van der Waals surface area contributed by atoms with Crippen LogP contribution in [0.25, 0.3) is 0 Å². The summed E-state index contributed by atoms with van der Waals surface area (Å²) < 4.78 is 31.4. The molecule has 1 aromatic carbocycles. The van der Waals surface area contributed by atoms with Crippen LogP contribution in [0.15, 0.2) is 12.1 Å². The lowest BCUT2D eigenvalue weighted by Gasteiger charge is -2.29. The molecule has 0 saturated carbocycles. The van der Waals surface area contributed by atoms with E-state index in [4.69, 9.17) is 5.73 Å². The minimum absolute atomic E-state index is 0. The lowest BCUT2D eigenvalue weighted by molar-refractivity contribution is -0.152. The van der Waals surface area contributed by atoms with Crippen LogP contribution in [0.1, 0.15) is 25.5 Å². The summed E-state index contributed by atoms with van der Waals surface area (Å²) in [5.41, 5.74) is 4.01. The van der Waals surface area contributed by atoms with Crippen LogP contribution in [0, 0.1) is 17.0 Å². The molecule has 0 amide bonds. The summed E-state index contributed by atoms with van der Waals surface area (Å²) >= 11 is 0. The Morgan fingerprint density at radius 1 is 1.37 bits per heavy atom. The number of rotatable bonds is 3. The van der Waals surface area contributed by atoms with Crippen molar-refractivity contribution in [1.29, 1.82) is 0 Å². The van der Waals surface area contributed by atoms with Crippen LogP contribution in [0.5, 0.6) is 5.75 Å². The van der Waals surface area contributed by atoms with Crippen molar-refractivity contribution in [3.8, 4) is 5.75 Å². The van der Waals surface area contributed by atoms with Crippen molar-refractivity contribution < 1.29 is 23.4 Å². The molecule has 0 spiro atoms. The molecule has 0 aliphatic rings. The van der Waals surface area contributed by atoms with Crippen molar-refractivity contribution >= 4 is 18.4 Å². The monoisotopic (exact) mass is 295 g/mol. The lowest BCUT2D eigenvalue weighted by atomic mass is 9.80. The number of phenols is 1. The summed E-state index contributed by atoms with van der Waals surface area (Å²) in [7, 11) is 1.17. The molecule has 1 rings (SSSR count). The van der Waals surface area contributed by atoms with Crippen molar-refractivity contribution in [3.63, 3.8) is 0 Å². The van der Waals surface area contributed by atoms with E-state index in [1.165, 1.54) is 21.0 Å². The van der Waals surface area contributed by atoms with Gasteiger partial charge in [-0.25, -0.2) is 8.78 Å². The van der Waals surface area contributed by atoms with Gasteiger partial charge in [0.15, 0.2) is 11.6 Å². The molecule has 3 N–H and O–H groups in total. The van der Waals surface area contributed by atoms with Gasteiger partial charge in [0.2, 0.25) is 0 Å². The maximum absolute atomic E-state index is 13.6. The Morgan fingerprint density at radius 3 is 2.32 bits per heavy atom. The zero-order valence-corrected chi connectivity index (χ0v) is 11.6. The molecule has 0 bridgehead atoms. The first-order chi connectivity index (χ1) is 8.23. The van der Waals surface area contributed by atoms with Crippen LogP contribution in [0.4, 0.5) is 8.78 Å². The van der Waals surface area contributed by atoms with E-state index in [1.54, 1.807) is 0 Å². The molecule has 19 heavy (non-hydrogen) atoms. The number of halogens is 3. The Hall–Kier alpha value is -1.40. The zero-order chi connectivity index (χ0) is 14.1. The maximum Gasteiger partial charge on any atom is 0.313 e. The smallest absolute Gasteiger partial charge is 0.313 e. The predicted molar refractivity (Wildman–Crippen MR) is 68.0 cm³/mol. The molecular formula is C12H16ClF2NO3. The molecule has 0 radical (unpaired) electrons. The van der Waals surface area contributed by atoms with E-state index in [0.29, 0.717) is 0 Å². The second-order valence-corrected chi connectivity index (χ2v) is 4.48. The van der Waals surface area contributed by atoms with Crippen LogP contribution < -0.4 is 5.73 Å². The maximum atomic E-state index is 13.6. The van der Waals surface area contributed by atoms with Crippen LogP contribution in [-0.4, -0.2) is 18.2 Å². The SMILES string of the molecule is COC(=O)C(C)(C)[C@H](N)c1c(F)ccc(F)c1O.Cl. The molecule has 0 aromatic heterocycles. The first-order valence-corrected chi connectivity index (χ1v) is 5.24. The van der Waals surface area contributed by atoms with Gasteiger partial charge in [0.25, 0.3) is 0 Å². The number of carbonyl (C=O) groups is 1.